The first-order valence-corrected chi connectivity index (χ1v) is 12.1. The van der Waals surface area contributed by atoms with Crippen molar-refractivity contribution in [1.82, 2.24) is 15.3 Å². The molecule has 0 aliphatic carbocycles. The van der Waals surface area contributed by atoms with Gasteiger partial charge in [-0.25, -0.2) is 19.2 Å². The zero-order valence-electron chi connectivity index (χ0n) is 20.6. The van der Waals surface area contributed by atoms with Gasteiger partial charge in [0.1, 0.15) is 11.6 Å². The number of amides is 3. The van der Waals surface area contributed by atoms with E-state index >= 15 is 0 Å². The zero-order chi connectivity index (χ0) is 28.3. The molecule has 0 spiro atoms. The normalized spacial score (nSPS) is 15.5. The molecule has 0 bridgehead atoms. The van der Waals surface area contributed by atoms with Crippen molar-refractivity contribution in [1.29, 1.82) is 0 Å². The Morgan fingerprint density at radius 3 is 2.56 bits per heavy atom. The number of alkyl halides is 3. The van der Waals surface area contributed by atoms with E-state index in [4.69, 9.17) is 17.3 Å². The fourth-order valence-corrected chi connectivity index (χ4v) is 4.32. The third-order valence-corrected chi connectivity index (χ3v) is 6.29. The van der Waals surface area contributed by atoms with Gasteiger partial charge < -0.3 is 21.3 Å². The second-order valence-corrected chi connectivity index (χ2v) is 9.35. The summed E-state index contributed by atoms with van der Waals surface area (Å²) in [6.07, 6.45) is -1.94. The van der Waals surface area contributed by atoms with Crippen LogP contribution in [0.3, 0.4) is 0 Å². The third kappa shape index (κ3) is 6.85. The van der Waals surface area contributed by atoms with E-state index in [-0.39, 0.29) is 28.3 Å². The molecule has 1 unspecified atom stereocenters. The lowest BCUT2D eigenvalue weighted by Crippen LogP contribution is -2.51. The average molecular weight is 566 g/mol. The first-order chi connectivity index (χ1) is 18.4. The molecule has 3 amide bonds. The molecule has 1 aliphatic heterocycles. The minimum absolute atomic E-state index is 0.00981. The van der Waals surface area contributed by atoms with Gasteiger partial charge in [-0.2, -0.15) is 13.2 Å². The predicted molar refractivity (Wildman–Crippen MR) is 139 cm³/mol. The number of hydrogen-bond acceptors (Lipinski definition) is 6. The van der Waals surface area contributed by atoms with Gasteiger partial charge in [0.2, 0.25) is 0 Å². The fraction of sp³-hybridized carbons (Fsp3) is 0.280. The van der Waals surface area contributed by atoms with Crippen molar-refractivity contribution in [2.75, 3.05) is 35.3 Å². The largest absolute Gasteiger partial charge is 0.416 e. The fourth-order valence-electron chi connectivity index (χ4n) is 4.09. The topological polar surface area (TPSA) is 116 Å². The lowest BCUT2D eigenvalue weighted by Gasteiger charge is -2.34. The minimum atomic E-state index is -4.61. The van der Waals surface area contributed by atoms with Crippen molar-refractivity contribution in [3.8, 4) is 0 Å². The number of primary amides is 1. The summed E-state index contributed by atoms with van der Waals surface area (Å²) >= 11 is 5.86. The summed E-state index contributed by atoms with van der Waals surface area (Å²) in [5, 5.41) is 5.61. The van der Waals surface area contributed by atoms with Crippen LogP contribution in [-0.4, -0.2) is 48.1 Å². The van der Waals surface area contributed by atoms with E-state index in [1.54, 1.807) is 0 Å². The SMILES string of the molecule is CN(C(=O)NC1CCCN(c2cnc(C(N)=O)c(Nc3ccc(F)cc3)n2)C1)c1cc(Cl)cc(C(F)(F)F)c1. The first kappa shape index (κ1) is 27.9. The summed E-state index contributed by atoms with van der Waals surface area (Å²) in [4.78, 5) is 36.3. The van der Waals surface area contributed by atoms with Crippen molar-refractivity contribution in [2.45, 2.75) is 25.1 Å². The maximum Gasteiger partial charge on any atom is 0.416 e. The second-order valence-electron chi connectivity index (χ2n) is 8.91. The Morgan fingerprint density at radius 1 is 1.18 bits per heavy atom. The van der Waals surface area contributed by atoms with Crippen LogP contribution in [0, 0.1) is 5.82 Å². The van der Waals surface area contributed by atoms with Crippen LogP contribution in [0.4, 0.5) is 45.4 Å². The molecule has 1 aliphatic rings. The molecule has 1 fully saturated rings. The van der Waals surface area contributed by atoms with E-state index in [2.05, 4.69) is 20.6 Å². The molecule has 0 radical (unpaired) electrons. The highest BCUT2D eigenvalue weighted by Gasteiger charge is 2.32. The Bertz CT molecular complexity index is 1370. The van der Waals surface area contributed by atoms with Gasteiger partial charge in [0.05, 0.1) is 11.8 Å². The number of anilines is 4. The van der Waals surface area contributed by atoms with Crippen LogP contribution >= 0.6 is 11.6 Å². The maximum absolute atomic E-state index is 13.3. The summed E-state index contributed by atoms with van der Waals surface area (Å²) in [5.41, 5.74) is 4.83. The van der Waals surface area contributed by atoms with Crippen LogP contribution in [0.2, 0.25) is 5.02 Å². The first-order valence-electron chi connectivity index (χ1n) is 11.8. The van der Waals surface area contributed by atoms with Crippen LogP contribution in [-0.2, 0) is 6.18 Å². The molecular weight excluding hydrogens is 542 g/mol. The minimum Gasteiger partial charge on any atom is -0.364 e. The van der Waals surface area contributed by atoms with Crippen molar-refractivity contribution < 1.29 is 27.2 Å². The van der Waals surface area contributed by atoms with Crippen LogP contribution in [0.15, 0.2) is 48.7 Å². The molecule has 2 aromatic carbocycles. The lowest BCUT2D eigenvalue weighted by molar-refractivity contribution is -0.137. The van der Waals surface area contributed by atoms with Gasteiger partial charge in [-0.1, -0.05) is 11.6 Å². The van der Waals surface area contributed by atoms with Crippen LogP contribution in [0.25, 0.3) is 0 Å². The van der Waals surface area contributed by atoms with Gasteiger partial charge >= 0.3 is 12.2 Å². The van der Waals surface area contributed by atoms with Crippen molar-refractivity contribution in [3.05, 3.63) is 70.8 Å². The highest BCUT2D eigenvalue weighted by molar-refractivity contribution is 6.31. The van der Waals surface area contributed by atoms with Gasteiger partial charge in [-0.05, 0) is 55.3 Å². The molecule has 1 saturated heterocycles. The molecule has 39 heavy (non-hydrogen) atoms. The van der Waals surface area contributed by atoms with E-state index in [1.165, 1.54) is 43.6 Å². The van der Waals surface area contributed by atoms with E-state index in [0.29, 0.717) is 37.4 Å². The lowest BCUT2D eigenvalue weighted by atomic mass is 10.1. The Hall–Kier alpha value is -4.13. The molecule has 1 atom stereocenters. The average Bonchev–Trinajstić information content (AvgIpc) is 2.88. The summed E-state index contributed by atoms with van der Waals surface area (Å²) in [6, 6.07) is 7.37. The van der Waals surface area contributed by atoms with Gasteiger partial charge in [-0.3, -0.25) is 9.69 Å². The van der Waals surface area contributed by atoms with Gasteiger partial charge in [-0.15, -0.1) is 0 Å². The molecule has 1 aromatic heterocycles. The number of rotatable bonds is 6. The zero-order valence-corrected chi connectivity index (χ0v) is 21.4. The van der Waals surface area contributed by atoms with Gasteiger partial charge in [0.25, 0.3) is 5.91 Å². The monoisotopic (exact) mass is 565 g/mol. The smallest absolute Gasteiger partial charge is 0.364 e. The van der Waals surface area contributed by atoms with Crippen molar-refractivity contribution in [3.63, 3.8) is 0 Å². The molecule has 0 saturated carbocycles. The summed E-state index contributed by atoms with van der Waals surface area (Å²) in [6.45, 7) is 0.898. The van der Waals surface area contributed by atoms with E-state index < -0.39 is 29.5 Å². The molecule has 9 nitrogen and oxygen atoms in total. The quantitative estimate of drug-likeness (QED) is 0.364. The molecule has 206 valence electrons. The molecule has 4 rings (SSSR count). The maximum atomic E-state index is 13.3. The molecule has 2 heterocycles. The number of nitrogens with zero attached hydrogens (tertiary/aromatic N) is 4. The number of nitrogens with one attached hydrogen (secondary N) is 2. The number of halogens is 5. The Morgan fingerprint density at radius 2 is 1.90 bits per heavy atom. The Labute approximate surface area is 226 Å². The Balaban J connectivity index is 1.48. The number of piperidine rings is 1. The van der Waals surface area contributed by atoms with Crippen LogP contribution in [0.1, 0.15) is 28.9 Å². The summed E-state index contributed by atoms with van der Waals surface area (Å²) in [7, 11) is 1.35. The number of nitrogens with two attached hydrogens (primary N) is 1. The number of carbonyl (C=O) groups excluding carboxylic acids is 2. The highest BCUT2D eigenvalue weighted by atomic mass is 35.5. The Kier molecular flexibility index (Phi) is 8.09. The number of urea groups is 1. The van der Waals surface area contributed by atoms with Gasteiger partial charge in [0.15, 0.2) is 11.5 Å². The molecule has 4 N–H and O–H groups in total. The third-order valence-electron chi connectivity index (χ3n) is 6.07. The van der Waals surface area contributed by atoms with Crippen molar-refractivity contribution in [2.24, 2.45) is 5.73 Å². The standard InChI is InChI=1S/C25H24ClF4N7O2/c1-36(19-10-14(25(28,29)30)9-15(26)11-19)24(39)34-18-3-2-8-37(13-18)20-12-32-21(22(31)38)23(35-20)33-17-6-4-16(27)5-7-17/h4-7,9-12,18H,2-3,8,13H2,1H3,(H2,31,38)(H,33,35)(H,34,39). The number of hydrogen-bond donors (Lipinski definition) is 3. The number of aromatic nitrogens is 2. The van der Waals surface area contributed by atoms with E-state index in [1.807, 2.05) is 4.90 Å². The van der Waals surface area contributed by atoms with E-state index in [9.17, 15) is 27.2 Å². The number of carbonyl (C=O) groups is 2. The summed E-state index contributed by atoms with van der Waals surface area (Å²) in [5.74, 6) is -0.751. The molecule has 14 heteroatoms. The van der Waals surface area contributed by atoms with E-state index in [0.717, 1.165) is 17.0 Å². The molecule has 3 aromatic rings. The predicted octanol–water partition coefficient (Wildman–Crippen LogP) is 4.95. The number of benzene rings is 2. The summed E-state index contributed by atoms with van der Waals surface area (Å²) < 4.78 is 52.8. The van der Waals surface area contributed by atoms with Crippen molar-refractivity contribution >= 4 is 46.5 Å². The van der Waals surface area contributed by atoms with Crippen LogP contribution < -0.4 is 26.2 Å². The highest BCUT2D eigenvalue weighted by Crippen LogP contribution is 2.34. The van der Waals surface area contributed by atoms with Crippen LogP contribution in [0.5, 0.6) is 0 Å². The molecular formula is C25H24ClF4N7O2. The van der Waals surface area contributed by atoms with Gasteiger partial charge in [0, 0.05) is 42.6 Å². The second kappa shape index (κ2) is 11.3.